The third kappa shape index (κ3) is 3.23. The molecule has 0 saturated heterocycles. The number of aromatic amines is 1. The summed E-state index contributed by atoms with van der Waals surface area (Å²) in [6, 6.07) is 8.58. The summed E-state index contributed by atoms with van der Waals surface area (Å²) < 4.78 is 5.64. The Kier molecular flexibility index (Phi) is 4.59. The van der Waals surface area contributed by atoms with E-state index in [9.17, 15) is 0 Å². The van der Waals surface area contributed by atoms with Crippen LogP contribution in [-0.2, 0) is 0 Å². The van der Waals surface area contributed by atoms with Gasteiger partial charge in [0.15, 0.2) is 0 Å². The Morgan fingerprint density at radius 1 is 1.22 bits per heavy atom. The maximum Gasteiger partial charge on any atom is 0.294 e. The van der Waals surface area contributed by atoms with E-state index in [0.29, 0.717) is 12.6 Å². The van der Waals surface area contributed by atoms with E-state index in [1.807, 2.05) is 24.3 Å². The van der Waals surface area contributed by atoms with Crippen molar-refractivity contribution in [2.24, 2.45) is 0 Å². The Morgan fingerprint density at radius 3 is 2.72 bits per heavy atom. The highest BCUT2D eigenvalue weighted by atomic mass is 16.5. The van der Waals surface area contributed by atoms with E-state index in [1.165, 1.54) is 0 Å². The number of nitrogens with zero attached hydrogens (tertiary/aromatic N) is 2. The molecule has 0 atom stereocenters. The molecule has 0 bridgehead atoms. The van der Waals surface area contributed by atoms with Crippen LogP contribution in [0.4, 0.5) is 0 Å². The molecule has 0 aliphatic rings. The van der Waals surface area contributed by atoms with Crippen LogP contribution >= 0.6 is 0 Å². The molecule has 1 aromatic heterocycles. The van der Waals surface area contributed by atoms with Crippen molar-refractivity contribution in [2.45, 2.75) is 20.3 Å². The molecule has 0 radical (unpaired) electrons. The molecule has 0 amide bonds. The molecule has 1 heterocycles. The van der Waals surface area contributed by atoms with E-state index in [2.05, 4.69) is 28.7 Å². The van der Waals surface area contributed by atoms with Gasteiger partial charge in [-0.25, -0.2) is 0 Å². The number of hydrogen-bond acceptors (Lipinski definition) is 3. The minimum absolute atomic E-state index is 0.621. The Balaban J connectivity index is 1.80. The molecule has 0 saturated carbocycles. The summed E-state index contributed by atoms with van der Waals surface area (Å²) in [4.78, 5) is 9.93. The van der Waals surface area contributed by atoms with Crippen LogP contribution in [0.1, 0.15) is 20.3 Å². The number of ether oxygens (including phenoxy) is 1. The molecule has 2 rings (SSSR count). The van der Waals surface area contributed by atoms with E-state index >= 15 is 0 Å². The number of fused-ring (bicyclic) bond motifs is 1. The summed E-state index contributed by atoms with van der Waals surface area (Å²) >= 11 is 0. The number of para-hydroxylation sites is 2. The third-order valence-corrected chi connectivity index (χ3v) is 3.12. The zero-order chi connectivity index (χ0) is 12.8. The molecule has 0 spiro atoms. The van der Waals surface area contributed by atoms with Gasteiger partial charge in [-0.2, -0.15) is 4.98 Å². The molecule has 1 aromatic carbocycles. The number of benzene rings is 1. The van der Waals surface area contributed by atoms with Gasteiger partial charge in [-0.05, 0) is 31.6 Å². The fraction of sp³-hybridized carbons (Fsp3) is 0.500. The van der Waals surface area contributed by atoms with Crippen LogP contribution in [0.15, 0.2) is 24.3 Å². The van der Waals surface area contributed by atoms with E-state index in [-0.39, 0.29) is 0 Å². The van der Waals surface area contributed by atoms with E-state index < -0.39 is 0 Å². The summed E-state index contributed by atoms with van der Waals surface area (Å²) in [6.07, 6.45) is 1.03. The molecule has 4 nitrogen and oxygen atoms in total. The predicted octanol–water partition coefficient (Wildman–Crippen LogP) is 2.67. The van der Waals surface area contributed by atoms with Gasteiger partial charge >= 0.3 is 0 Å². The molecule has 0 fully saturated rings. The SMILES string of the molecule is CCN(CC)CCCOc1nc2ccccc2[nH]1. The number of rotatable bonds is 7. The molecular weight excluding hydrogens is 226 g/mol. The molecule has 1 N–H and O–H groups in total. The highest BCUT2D eigenvalue weighted by molar-refractivity contribution is 5.75. The molecule has 2 aromatic rings. The third-order valence-electron chi connectivity index (χ3n) is 3.12. The Bertz CT molecular complexity index is 444. The van der Waals surface area contributed by atoms with Crippen molar-refractivity contribution in [2.75, 3.05) is 26.2 Å². The van der Waals surface area contributed by atoms with Crippen molar-refractivity contribution in [3.05, 3.63) is 24.3 Å². The van der Waals surface area contributed by atoms with Gasteiger partial charge < -0.3 is 14.6 Å². The smallest absolute Gasteiger partial charge is 0.294 e. The van der Waals surface area contributed by atoms with Gasteiger partial charge in [-0.15, -0.1) is 0 Å². The fourth-order valence-corrected chi connectivity index (χ4v) is 1.99. The van der Waals surface area contributed by atoms with Gasteiger partial charge in [0.2, 0.25) is 0 Å². The normalized spacial score (nSPS) is 11.3. The van der Waals surface area contributed by atoms with Crippen molar-refractivity contribution in [3.63, 3.8) is 0 Å². The maximum atomic E-state index is 5.64. The van der Waals surface area contributed by atoms with Crippen molar-refractivity contribution in [1.82, 2.24) is 14.9 Å². The van der Waals surface area contributed by atoms with Crippen LogP contribution in [0.5, 0.6) is 6.01 Å². The number of H-pyrrole nitrogens is 1. The van der Waals surface area contributed by atoms with Crippen LogP contribution in [0, 0.1) is 0 Å². The van der Waals surface area contributed by atoms with E-state index in [0.717, 1.165) is 37.1 Å². The van der Waals surface area contributed by atoms with Crippen LogP contribution in [-0.4, -0.2) is 41.1 Å². The minimum Gasteiger partial charge on any atom is -0.465 e. The Hall–Kier alpha value is -1.55. The predicted molar refractivity (Wildman–Crippen MR) is 74.0 cm³/mol. The lowest BCUT2D eigenvalue weighted by Gasteiger charge is -2.17. The fourth-order valence-electron chi connectivity index (χ4n) is 1.99. The van der Waals surface area contributed by atoms with Crippen LogP contribution < -0.4 is 4.74 Å². The topological polar surface area (TPSA) is 41.1 Å². The first-order chi connectivity index (χ1) is 8.83. The van der Waals surface area contributed by atoms with E-state index in [1.54, 1.807) is 0 Å². The lowest BCUT2D eigenvalue weighted by atomic mass is 10.3. The zero-order valence-electron chi connectivity index (χ0n) is 11.1. The van der Waals surface area contributed by atoms with Crippen molar-refractivity contribution in [1.29, 1.82) is 0 Å². The molecule has 0 unspecified atom stereocenters. The summed E-state index contributed by atoms with van der Waals surface area (Å²) in [6.45, 7) is 8.35. The molecular formula is C14H21N3O. The van der Waals surface area contributed by atoms with Crippen LogP contribution in [0.25, 0.3) is 11.0 Å². The average Bonchev–Trinajstić information content (AvgIpc) is 2.81. The van der Waals surface area contributed by atoms with Crippen molar-refractivity contribution >= 4 is 11.0 Å². The maximum absolute atomic E-state index is 5.64. The van der Waals surface area contributed by atoms with Gasteiger partial charge in [-0.1, -0.05) is 26.0 Å². The first-order valence-electron chi connectivity index (χ1n) is 6.63. The summed E-state index contributed by atoms with van der Waals surface area (Å²) in [5.41, 5.74) is 1.98. The van der Waals surface area contributed by atoms with Gasteiger partial charge in [0.05, 0.1) is 17.6 Å². The number of aromatic nitrogens is 2. The largest absolute Gasteiger partial charge is 0.465 e. The average molecular weight is 247 g/mol. The molecule has 0 aliphatic heterocycles. The molecule has 18 heavy (non-hydrogen) atoms. The standard InChI is InChI=1S/C14H21N3O/c1-3-17(4-2)10-7-11-18-14-15-12-8-5-6-9-13(12)16-14/h5-6,8-9H,3-4,7,10-11H2,1-2H3,(H,15,16). The number of imidazole rings is 1. The van der Waals surface area contributed by atoms with Crippen LogP contribution in [0.3, 0.4) is 0 Å². The Morgan fingerprint density at radius 2 is 2.00 bits per heavy atom. The van der Waals surface area contributed by atoms with E-state index in [4.69, 9.17) is 4.74 Å². The number of hydrogen-bond donors (Lipinski definition) is 1. The summed E-state index contributed by atoms with van der Waals surface area (Å²) in [7, 11) is 0. The monoisotopic (exact) mass is 247 g/mol. The second-order valence-corrected chi connectivity index (χ2v) is 4.29. The molecule has 98 valence electrons. The van der Waals surface area contributed by atoms with Crippen molar-refractivity contribution in [3.8, 4) is 6.01 Å². The van der Waals surface area contributed by atoms with Gasteiger partial charge in [0.25, 0.3) is 6.01 Å². The lowest BCUT2D eigenvalue weighted by Crippen LogP contribution is -2.25. The first kappa shape index (κ1) is 12.9. The highest BCUT2D eigenvalue weighted by Crippen LogP contribution is 2.14. The number of nitrogens with one attached hydrogen (secondary N) is 1. The molecule has 0 aliphatic carbocycles. The van der Waals surface area contributed by atoms with Crippen molar-refractivity contribution < 1.29 is 4.74 Å². The molecule has 4 heteroatoms. The zero-order valence-corrected chi connectivity index (χ0v) is 11.1. The van der Waals surface area contributed by atoms with Gasteiger partial charge in [0, 0.05) is 6.54 Å². The lowest BCUT2D eigenvalue weighted by molar-refractivity contribution is 0.240. The van der Waals surface area contributed by atoms with Gasteiger partial charge in [-0.3, -0.25) is 0 Å². The summed E-state index contributed by atoms with van der Waals surface area (Å²) in [5, 5.41) is 0. The second kappa shape index (κ2) is 6.40. The quantitative estimate of drug-likeness (QED) is 0.765. The Labute approximate surface area is 108 Å². The minimum atomic E-state index is 0.621. The first-order valence-corrected chi connectivity index (χ1v) is 6.63. The highest BCUT2D eigenvalue weighted by Gasteiger charge is 2.03. The second-order valence-electron chi connectivity index (χ2n) is 4.29. The van der Waals surface area contributed by atoms with Gasteiger partial charge in [0.1, 0.15) is 0 Å². The summed E-state index contributed by atoms with van der Waals surface area (Å²) in [5.74, 6) is 0. The van der Waals surface area contributed by atoms with Crippen LogP contribution in [0.2, 0.25) is 0 Å².